The molecule has 0 radical (unpaired) electrons. The first-order valence-corrected chi connectivity index (χ1v) is 6.34. The van der Waals surface area contributed by atoms with Crippen LogP contribution in [0.1, 0.15) is 40.0 Å². The minimum atomic E-state index is 0.0627. The van der Waals surface area contributed by atoms with Crippen LogP contribution < -0.4 is 0 Å². The summed E-state index contributed by atoms with van der Waals surface area (Å²) in [7, 11) is 1.72. The summed E-state index contributed by atoms with van der Waals surface area (Å²) in [6.07, 6.45) is 3.68. The van der Waals surface area contributed by atoms with Crippen LogP contribution in [0.5, 0.6) is 0 Å². The van der Waals surface area contributed by atoms with Crippen molar-refractivity contribution >= 4 is 5.78 Å². The summed E-state index contributed by atoms with van der Waals surface area (Å²) in [6.45, 7) is 7.07. The average Bonchev–Trinajstić information content (AvgIpc) is 2.91. The summed E-state index contributed by atoms with van der Waals surface area (Å²) < 4.78 is 5.39. The van der Waals surface area contributed by atoms with E-state index < -0.39 is 0 Å². The lowest BCUT2D eigenvalue weighted by Gasteiger charge is -2.32. The molecule has 0 aromatic rings. The van der Waals surface area contributed by atoms with E-state index in [4.69, 9.17) is 4.74 Å². The van der Waals surface area contributed by atoms with Gasteiger partial charge in [-0.3, -0.25) is 9.69 Å². The van der Waals surface area contributed by atoms with Crippen LogP contribution in [0.3, 0.4) is 0 Å². The van der Waals surface area contributed by atoms with E-state index in [1.54, 1.807) is 7.11 Å². The van der Waals surface area contributed by atoms with Crippen molar-refractivity contribution in [1.29, 1.82) is 0 Å². The fourth-order valence-electron chi connectivity index (χ4n) is 2.96. The number of carbonyl (C=O) groups is 1. The number of nitrogens with zero attached hydrogens (tertiary/aromatic N) is 1. The number of Topliss-reactive ketones (excluding diaryl/α,β-unsaturated/α-hetero) is 1. The third-order valence-corrected chi connectivity index (χ3v) is 4.32. The normalized spacial score (nSPS) is 29.9. The molecule has 1 aliphatic carbocycles. The van der Waals surface area contributed by atoms with Crippen molar-refractivity contribution < 1.29 is 9.53 Å². The van der Waals surface area contributed by atoms with E-state index in [9.17, 15) is 4.79 Å². The highest BCUT2D eigenvalue weighted by Crippen LogP contribution is 2.58. The lowest BCUT2D eigenvalue weighted by Crippen LogP contribution is -2.47. The Kier molecular flexibility index (Phi) is 3.10. The first kappa shape index (κ1) is 12.1. The number of ether oxygens (including phenoxy) is 1. The van der Waals surface area contributed by atoms with Crippen LogP contribution in [0.25, 0.3) is 0 Å². The predicted octanol–water partition coefficient (Wildman–Crippen LogP) is 2.06. The molecule has 2 fully saturated rings. The lowest BCUT2D eigenvalue weighted by atomic mass is 9.88. The van der Waals surface area contributed by atoms with Gasteiger partial charge in [-0.2, -0.15) is 0 Å². The molecule has 92 valence electrons. The van der Waals surface area contributed by atoms with Gasteiger partial charge in [0.05, 0.1) is 6.04 Å². The zero-order valence-corrected chi connectivity index (χ0v) is 10.8. The van der Waals surface area contributed by atoms with E-state index in [0.717, 1.165) is 6.54 Å². The third kappa shape index (κ3) is 1.80. The SMILES string of the molecule is COC(C)N1CCC2(CC2)[C@H]1C(=O)C(C)C. The molecule has 1 spiro atoms. The molecule has 16 heavy (non-hydrogen) atoms. The van der Waals surface area contributed by atoms with Crippen molar-refractivity contribution in [2.24, 2.45) is 11.3 Å². The molecule has 0 amide bonds. The molecule has 0 N–H and O–H groups in total. The Morgan fingerprint density at radius 1 is 1.31 bits per heavy atom. The number of hydrogen-bond donors (Lipinski definition) is 0. The number of rotatable bonds is 4. The minimum Gasteiger partial charge on any atom is -0.367 e. The van der Waals surface area contributed by atoms with Crippen LogP contribution in [-0.4, -0.2) is 36.6 Å². The Bertz CT molecular complexity index is 284. The summed E-state index contributed by atoms with van der Waals surface area (Å²) >= 11 is 0. The van der Waals surface area contributed by atoms with Gasteiger partial charge >= 0.3 is 0 Å². The largest absolute Gasteiger partial charge is 0.367 e. The zero-order chi connectivity index (χ0) is 11.9. The molecule has 1 saturated heterocycles. The number of methoxy groups -OCH3 is 1. The maximum atomic E-state index is 12.3. The van der Waals surface area contributed by atoms with Gasteiger partial charge in [0.2, 0.25) is 0 Å². The minimum absolute atomic E-state index is 0.0627. The first-order chi connectivity index (χ1) is 7.52. The maximum absolute atomic E-state index is 12.3. The van der Waals surface area contributed by atoms with E-state index >= 15 is 0 Å². The molecule has 0 aromatic carbocycles. The average molecular weight is 225 g/mol. The highest BCUT2D eigenvalue weighted by atomic mass is 16.5. The predicted molar refractivity (Wildman–Crippen MR) is 63.1 cm³/mol. The summed E-state index contributed by atoms with van der Waals surface area (Å²) in [4.78, 5) is 14.6. The summed E-state index contributed by atoms with van der Waals surface area (Å²) in [5.41, 5.74) is 0.314. The highest BCUT2D eigenvalue weighted by Gasteiger charge is 2.59. The molecule has 3 nitrogen and oxygen atoms in total. The van der Waals surface area contributed by atoms with Crippen molar-refractivity contribution in [1.82, 2.24) is 4.90 Å². The Hall–Kier alpha value is -0.410. The molecule has 1 saturated carbocycles. The van der Waals surface area contributed by atoms with Crippen LogP contribution in [0.4, 0.5) is 0 Å². The molecule has 1 aliphatic heterocycles. The van der Waals surface area contributed by atoms with Crippen molar-refractivity contribution in [3.8, 4) is 0 Å². The van der Waals surface area contributed by atoms with Gasteiger partial charge in [-0.05, 0) is 31.6 Å². The highest BCUT2D eigenvalue weighted by molar-refractivity contribution is 5.87. The third-order valence-electron chi connectivity index (χ3n) is 4.32. The van der Waals surface area contributed by atoms with E-state index in [1.807, 2.05) is 20.8 Å². The molecule has 0 aromatic heterocycles. The van der Waals surface area contributed by atoms with E-state index in [1.165, 1.54) is 19.3 Å². The second-order valence-corrected chi connectivity index (χ2v) is 5.64. The second-order valence-electron chi connectivity index (χ2n) is 5.64. The Labute approximate surface area is 98.1 Å². The molecule has 2 aliphatic rings. The van der Waals surface area contributed by atoms with E-state index in [2.05, 4.69) is 4.90 Å². The zero-order valence-electron chi connectivity index (χ0n) is 10.8. The second kappa shape index (κ2) is 4.11. The van der Waals surface area contributed by atoms with Crippen LogP contribution in [-0.2, 0) is 9.53 Å². The van der Waals surface area contributed by atoms with Gasteiger partial charge in [-0.15, -0.1) is 0 Å². The monoisotopic (exact) mass is 225 g/mol. The van der Waals surface area contributed by atoms with Crippen LogP contribution in [0, 0.1) is 11.3 Å². The Morgan fingerprint density at radius 2 is 1.94 bits per heavy atom. The Morgan fingerprint density at radius 3 is 2.38 bits per heavy atom. The molecular weight excluding hydrogens is 202 g/mol. The molecular formula is C13H23NO2. The summed E-state index contributed by atoms with van der Waals surface area (Å²) in [5.74, 6) is 0.533. The molecule has 3 heteroatoms. The lowest BCUT2D eigenvalue weighted by molar-refractivity contribution is -0.133. The van der Waals surface area contributed by atoms with Gasteiger partial charge in [-0.1, -0.05) is 13.8 Å². The fourth-order valence-corrected chi connectivity index (χ4v) is 2.96. The number of likely N-dealkylation sites (tertiary alicyclic amines) is 1. The molecule has 1 heterocycles. The molecule has 2 rings (SSSR count). The Balaban J connectivity index is 2.18. The topological polar surface area (TPSA) is 29.5 Å². The van der Waals surface area contributed by atoms with E-state index in [-0.39, 0.29) is 18.2 Å². The van der Waals surface area contributed by atoms with Crippen LogP contribution in [0.2, 0.25) is 0 Å². The first-order valence-electron chi connectivity index (χ1n) is 6.34. The standard InChI is InChI=1S/C13H23NO2/c1-9(2)11(15)12-13(5-6-13)7-8-14(12)10(3)16-4/h9-10,12H,5-8H2,1-4H3/t10?,12-/m1/s1. The smallest absolute Gasteiger partial charge is 0.153 e. The quantitative estimate of drug-likeness (QED) is 0.733. The van der Waals surface area contributed by atoms with Crippen molar-refractivity contribution in [3.05, 3.63) is 0 Å². The fraction of sp³-hybridized carbons (Fsp3) is 0.923. The van der Waals surface area contributed by atoms with Crippen molar-refractivity contribution in [3.63, 3.8) is 0 Å². The number of ketones is 1. The maximum Gasteiger partial charge on any atom is 0.153 e. The van der Waals surface area contributed by atoms with Crippen molar-refractivity contribution in [2.45, 2.75) is 52.3 Å². The summed E-state index contributed by atoms with van der Waals surface area (Å²) in [5, 5.41) is 0. The van der Waals surface area contributed by atoms with Gasteiger partial charge < -0.3 is 4.74 Å². The molecule has 1 unspecified atom stereocenters. The number of carbonyl (C=O) groups excluding carboxylic acids is 1. The van der Waals surface area contributed by atoms with Crippen molar-refractivity contribution in [2.75, 3.05) is 13.7 Å². The van der Waals surface area contributed by atoms with Gasteiger partial charge in [0, 0.05) is 19.6 Å². The molecule has 0 bridgehead atoms. The number of hydrogen-bond acceptors (Lipinski definition) is 3. The van der Waals surface area contributed by atoms with E-state index in [0.29, 0.717) is 11.2 Å². The van der Waals surface area contributed by atoms with Crippen LogP contribution in [0.15, 0.2) is 0 Å². The van der Waals surface area contributed by atoms with Gasteiger partial charge in [0.15, 0.2) is 5.78 Å². The van der Waals surface area contributed by atoms with Gasteiger partial charge in [0.1, 0.15) is 6.23 Å². The van der Waals surface area contributed by atoms with Crippen LogP contribution >= 0.6 is 0 Å². The molecule has 2 atom stereocenters. The van der Waals surface area contributed by atoms with Gasteiger partial charge in [0.25, 0.3) is 0 Å². The van der Waals surface area contributed by atoms with Gasteiger partial charge in [-0.25, -0.2) is 0 Å². The summed E-state index contributed by atoms with van der Waals surface area (Å²) in [6, 6.07) is 0.113.